The molecule has 1 aliphatic rings. The number of benzene rings is 1. The molecule has 3 rings (SSSR count). The Morgan fingerprint density at radius 2 is 2.04 bits per heavy atom. The molecule has 7 nitrogen and oxygen atoms in total. The number of methoxy groups -OCH3 is 1. The zero-order valence-corrected chi connectivity index (χ0v) is 13.8. The van der Waals surface area contributed by atoms with E-state index in [2.05, 4.69) is 0 Å². The molecule has 0 unspecified atom stereocenters. The highest BCUT2D eigenvalue weighted by Gasteiger charge is 2.31. The van der Waals surface area contributed by atoms with Gasteiger partial charge in [-0.25, -0.2) is 0 Å². The van der Waals surface area contributed by atoms with E-state index < -0.39 is 4.92 Å². The molecule has 0 atom stereocenters. The highest BCUT2D eigenvalue weighted by molar-refractivity contribution is 5.91. The summed E-state index contributed by atoms with van der Waals surface area (Å²) < 4.78 is 10.2. The minimum atomic E-state index is -0.612. The van der Waals surface area contributed by atoms with Gasteiger partial charge in [0.1, 0.15) is 16.4 Å². The second-order valence-electron chi connectivity index (χ2n) is 5.81. The smallest absolute Gasteiger partial charge is 0.433 e. The lowest BCUT2D eigenvalue weighted by Gasteiger charge is -2.21. The van der Waals surface area contributed by atoms with Crippen LogP contribution in [0.4, 0.5) is 5.88 Å². The van der Waals surface area contributed by atoms with Crippen LogP contribution >= 0.6 is 0 Å². The Bertz CT molecular complexity index is 790. The maximum Gasteiger partial charge on any atom is 0.433 e. The normalized spacial score (nSPS) is 13.8. The molecule has 0 radical (unpaired) electrons. The van der Waals surface area contributed by atoms with Crippen molar-refractivity contribution in [1.29, 1.82) is 0 Å². The Morgan fingerprint density at radius 3 is 2.60 bits per heavy atom. The van der Waals surface area contributed by atoms with Gasteiger partial charge in [0.05, 0.1) is 13.2 Å². The molecule has 25 heavy (non-hydrogen) atoms. The van der Waals surface area contributed by atoms with Gasteiger partial charge in [-0.3, -0.25) is 14.9 Å². The number of carbonyl (C=O) groups excluding carboxylic acids is 1. The number of ether oxygens (including phenoxy) is 1. The minimum Gasteiger partial charge on any atom is -0.497 e. The van der Waals surface area contributed by atoms with Gasteiger partial charge in [-0.1, -0.05) is 12.1 Å². The van der Waals surface area contributed by atoms with Crippen LogP contribution in [0.5, 0.6) is 5.75 Å². The van der Waals surface area contributed by atoms with E-state index in [1.54, 1.807) is 12.0 Å². The first-order valence-corrected chi connectivity index (χ1v) is 7.92. The number of hydrogen-bond acceptors (Lipinski definition) is 5. The van der Waals surface area contributed by atoms with E-state index in [1.807, 2.05) is 24.3 Å². The van der Waals surface area contributed by atoms with E-state index >= 15 is 0 Å². The standard InChI is InChI=1S/C18H18N2O5/c1-24-15-6-2-13(3-7-15)12-19(14-4-5-14)17(21)10-8-16-9-11-18(25-16)20(22)23/h2-3,6-11,14H,4-5,12H2,1H3/b10-8+. The Balaban J connectivity index is 1.67. The molecular weight excluding hydrogens is 324 g/mol. The summed E-state index contributed by atoms with van der Waals surface area (Å²) >= 11 is 0. The molecule has 1 aromatic heterocycles. The first kappa shape index (κ1) is 16.8. The van der Waals surface area contributed by atoms with Gasteiger partial charge in [0, 0.05) is 18.7 Å². The highest BCUT2D eigenvalue weighted by atomic mass is 16.6. The quantitative estimate of drug-likeness (QED) is 0.437. The second kappa shape index (κ2) is 7.21. The Hall–Kier alpha value is -3.09. The molecule has 1 fully saturated rings. The van der Waals surface area contributed by atoms with E-state index in [4.69, 9.17) is 9.15 Å². The van der Waals surface area contributed by atoms with E-state index in [0.717, 1.165) is 24.2 Å². The summed E-state index contributed by atoms with van der Waals surface area (Å²) in [6, 6.07) is 10.6. The Labute approximate surface area is 144 Å². The summed E-state index contributed by atoms with van der Waals surface area (Å²) in [7, 11) is 1.61. The molecule has 7 heteroatoms. The number of nitrogens with zero attached hydrogens (tertiary/aromatic N) is 2. The lowest BCUT2D eigenvalue weighted by atomic mass is 10.2. The van der Waals surface area contributed by atoms with Gasteiger partial charge in [-0.05, 0) is 42.7 Å². The molecule has 1 heterocycles. The molecular formula is C18H18N2O5. The van der Waals surface area contributed by atoms with Crippen LogP contribution in [0, 0.1) is 10.1 Å². The molecule has 2 aromatic rings. The van der Waals surface area contributed by atoms with Crippen molar-refractivity contribution in [3.63, 3.8) is 0 Å². The van der Waals surface area contributed by atoms with Crippen LogP contribution in [0.1, 0.15) is 24.2 Å². The SMILES string of the molecule is COc1ccc(CN(C(=O)/C=C/c2ccc([N+](=O)[O-])o2)C2CC2)cc1. The lowest BCUT2D eigenvalue weighted by Crippen LogP contribution is -2.31. The number of carbonyl (C=O) groups is 1. The van der Waals surface area contributed by atoms with Crippen LogP contribution in [0.2, 0.25) is 0 Å². The molecule has 0 bridgehead atoms. The second-order valence-corrected chi connectivity index (χ2v) is 5.81. The number of hydrogen-bond donors (Lipinski definition) is 0. The maximum absolute atomic E-state index is 12.5. The summed E-state index contributed by atoms with van der Waals surface area (Å²) in [5, 5.41) is 10.6. The van der Waals surface area contributed by atoms with Gasteiger partial charge in [0.15, 0.2) is 0 Å². The van der Waals surface area contributed by atoms with E-state index in [9.17, 15) is 14.9 Å². The fourth-order valence-electron chi connectivity index (χ4n) is 2.48. The monoisotopic (exact) mass is 342 g/mol. The van der Waals surface area contributed by atoms with Crippen LogP contribution in [-0.4, -0.2) is 28.9 Å². The molecule has 130 valence electrons. The van der Waals surface area contributed by atoms with Crippen molar-refractivity contribution in [2.75, 3.05) is 7.11 Å². The lowest BCUT2D eigenvalue weighted by molar-refractivity contribution is -0.402. The number of rotatable bonds is 7. The van der Waals surface area contributed by atoms with Crippen LogP contribution in [-0.2, 0) is 11.3 Å². The number of nitro groups is 1. The van der Waals surface area contributed by atoms with Crippen molar-refractivity contribution in [1.82, 2.24) is 4.90 Å². The van der Waals surface area contributed by atoms with Crippen molar-refractivity contribution in [3.8, 4) is 5.75 Å². The molecule has 0 spiro atoms. The van der Waals surface area contributed by atoms with Crippen molar-refractivity contribution in [2.24, 2.45) is 0 Å². The summed E-state index contributed by atoms with van der Waals surface area (Å²) in [5.74, 6) is 0.564. The molecule has 0 aliphatic heterocycles. The zero-order chi connectivity index (χ0) is 17.8. The topological polar surface area (TPSA) is 85.8 Å². The van der Waals surface area contributed by atoms with Crippen molar-refractivity contribution < 1.29 is 18.9 Å². The van der Waals surface area contributed by atoms with E-state index in [-0.39, 0.29) is 23.6 Å². The molecule has 1 aliphatic carbocycles. The maximum atomic E-state index is 12.5. The summed E-state index contributed by atoms with van der Waals surface area (Å²) in [5.41, 5.74) is 1.02. The molecule has 1 saturated carbocycles. The van der Waals surface area contributed by atoms with Gasteiger partial charge in [0.2, 0.25) is 5.91 Å². The number of furan rings is 1. The van der Waals surface area contributed by atoms with Crippen molar-refractivity contribution >= 4 is 17.9 Å². The summed E-state index contributed by atoms with van der Waals surface area (Å²) in [4.78, 5) is 24.3. The zero-order valence-electron chi connectivity index (χ0n) is 13.8. The van der Waals surface area contributed by atoms with Gasteiger partial charge in [-0.15, -0.1) is 0 Å². The van der Waals surface area contributed by atoms with E-state index in [1.165, 1.54) is 24.3 Å². The first-order valence-electron chi connectivity index (χ1n) is 7.92. The molecule has 0 saturated heterocycles. The summed E-state index contributed by atoms with van der Waals surface area (Å²) in [6.45, 7) is 0.510. The third kappa shape index (κ3) is 4.26. The average molecular weight is 342 g/mol. The van der Waals surface area contributed by atoms with Crippen LogP contribution < -0.4 is 4.74 Å². The Kier molecular flexibility index (Phi) is 4.83. The fraction of sp³-hybridized carbons (Fsp3) is 0.278. The third-order valence-corrected chi connectivity index (χ3v) is 3.97. The van der Waals surface area contributed by atoms with Crippen molar-refractivity contribution in [2.45, 2.75) is 25.4 Å². The molecule has 1 aromatic carbocycles. The molecule has 0 N–H and O–H groups in total. The predicted molar refractivity (Wildman–Crippen MR) is 91.0 cm³/mol. The van der Waals surface area contributed by atoms with Crippen LogP contribution in [0.15, 0.2) is 46.9 Å². The fourth-order valence-corrected chi connectivity index (χ4v) is 2.48. The average Bonchev–Trinajstić information content (AvgIpc) is 3.34. The summed E-state index contributed by atoms with van der Waals surface area (Å²) in [6.07, 6.45) is 4.83. The predicted octanol–water partition coefficient (Wildman–Crippen LogP) is 3.40. The van der Waals surface area contributed by atoms with Gasteiger partial charge in [0.25, 0.3) is 0 Å². The van der Waals surface area contributed by atoms with E-state index in [0.29, 0.717) is 6.54 Å². The van der Waals surface area contributed by atoms with Gasteiger partial charge < -0.3 is 14.1 Å². The van der Waals surface area contributed by atoms with Crippen LogP contribution in [0.25, 0.3) is 6.08 Å². The number of amides is 1. The first-order chi connectivity index (χ1) is 12.1. The van der Waals surface area contributed by atoms with Crippen LogP contribution in [0.3, 0.4) is 0 Å². The van der Waals surface area contributed by atoms with Crippen molar-refractivity contribution in [3.05, 3.63) is 63.9 Å². The largest absolute Gasteiger partial charge is 0.497 e. The van der Waals surface area contributed by atoms with Gasteiger partial charge >= 0.3 is 5.88 Å². The molecule has 1 amide bonds. The Morgan fingerprint density at radius 1 is 1.32 bits per heavy atom. The van der Waals surface area contributed by atoms with Gasteiger partial charge in [-0.2, -0.15) is 0 Å². The third-order valence-electron chi connectivity index (χ3n) is 3.97. The highest BCUT2D eigenvalue weighted by Crippen LogP contribution is 2.29. The minimum absolute atomic E-state index is 0.141.